The van der Waals surface area contributed by atoms with Gasteiger partial charge in [-0.1, -0.05) is 194 Å². The Labute approximate surface area is 345 Å². The molecule has 1 aliphatic rings. The molecule has 1 aliphatic heterocycles. The molecule has 0 saturated carbocycles. The normalized spacial score (nSPS) is 13.8. The van der Waals surface area contributed by atoms with Gasteiger partial charge in [0.1, 0.15) is 12.0 Å². The van der Waals surface area contributed by atoms with Gasteiger partial charge in [-0.05, 0) is 73.5 Å². The molecule has 8 aromatic carbocycles. The Morgan fingerprint density at radius 1 is 0.407 bits per heavy atom. The first-order chi connectivity index (χ1) is 29.1. The van der Waals surface area contributed by atoms with Crippen LogP contribution in [-0.4, -0.2) is 28.6 Å². The molecular formula is C55H40N4. The lowest BCUT2D eigenvalue weighted by atomic mass is 9.97. The van der Waals surface area contributed by atoms with E-state index in [0.29, 0.717) is 5.84 Å². The molecule has 59 heavy (non-hydrogen) atoms. The van der Waals surface area contributed by atoms with E-state index in [2.05, 4.69) is 212 Å². The number of rotatable bonds is 8. The monoisotopic (exact) mass is 756 g/mol. The largest absolute Gasteiger partial charge is 0.333 e. The van der Waals surface area contributed by atoms with E-state index in [4.69, 9.17) is 15.0 Å². The van der Waals surface area contributed by atoms with Gasteiger partial charge >= 0.3 is 0 Å². The highest BCUT2D eigenvalue weighted by Crippen LogP contribution is 2.34. The highest BCUT2D eigenvalue weighted by Gasteiger charge is 2.27. The van der Waals surface area contributed by atoms with E-state index in [1.54, 1.807) is 0 Å². The summed E-state index contributed by atoms with van der Waals surface area (Å²) in [5.74, 6) is 1.58. The number of aliphatic imine (C=N–C) groups is 2. The van der Waals surface area contributed by atoms with Crippen LogP contribution in [0.2, 0.25) is 0 Å². The highest BCUT2D eigenvalue weighted by molar-refractivity contribution is 6.13. The summed E-state index contributed by atoms with van der Waals surface area (Å²) in [7, 11) is 2.09. The van der Waals surface area contributed by atoms with Crippen molar-refractivity contribution in [3.05, 3.63) is 235 Å². The van der Waals surface area contributed by atoms with Crippen molar-refractivity contribution in [2.24, 2.45) is 9.98 Å². The van der Waals surface area contributed by atoms with E-state index in [-0.39, 0.29) is 6.17 Å². The first kappa shape index (κ1) is 35.7. The van der Waals surface area contributed by atoms with E-state index < -0.39 is 0 Å². The standard InChI is InChI=1S/C55H40N4/c1-59-54(44-31-27-41(28-32-44)39-15-6-3-7-16-39)57-53(43-29-25-40(26-30-43)38-13-4-2-5-14-38)58-55(59)48-22-11-20-46(36-48)45-19-10-21-47(35-45)49-33-34-52(56-37-49)51-24-12-18-42-17-8-9-23-50(42)51/h2-37,54H,1H3. The van der Waals surface area contributed by atoms with Crippen molar-refractivity contribution < 1.29 is 0 Å². The lowest BCUT2D eigenvalue weighted by Gasteiger charge is -2.32. The van der Waals surface area contributed by atoms with Crippen molar-refractivity contribution in [1.82, 2.24) is 9.88 Å². The lowest BCUT2D eigenvalue weighted by molar-refractivity contribution is 0.383. The SMILES string of the molecule is CN1C(c2cccc(-c3cccc(-c4ccc(-c5cccc6ccccc56)nc4)c3)c2)=NC(c2ccc(-c3ccccc3)cc2)=NC1c1ccc(-c2ccccc2)cc1. The van der Waals surface area contributed by atoms with Crippen molar-refractivity contribution in [3.8, 4) is 55.8 Å². The Hall–Kier alpha value is -7.69. The minimum absolute atomic E-state index is 0.271. The fourth-order valence-electron chi connectivity index (χ4n) is 8.04. The van der Waals surface area contributed by atoms with Crippen LogP contribution in [-0.2, 0) is 0 Å². The van der Waals surface area contributed by atoms with Gasteiger partial charge in [0.05, 0.1) is 5.69 Å². The maximum absolute atomic E-state index is 5.30. The van der Waals surface area contributed by atoms with E-state index in [0.717, 1.165) is 61.6 Å². The van der Waals surface area contributed by atoms with E-state index in [9.17, 15) is 0 Å². The molecule has 0 bridgehead atoms. The van der Waals surface area contributed by atoms with Crippen LogP contribution < -0.4 is 0 Å². The van der Waals surface area contributed by atoms with Gasteiger partial charge in [0.2, 0.25) is 0 Å². The van der Waals surface area contributed by atoms with Gasteiger partial charge in [0.25, 0.3) is 0 Å². The topological polar surface area (TPSA) is 40.9 Å². The number of benzene rings is 8. The van der Waals surface area contributed by atoms with Gasteiger partial charge in [-0.3, -0.25) is 4.98 Å². The second-order valence-electron chi connectivity index (χ2n) is 14.9. The molecule has 0 fully saturated rings. The first-order valence-electron chi connectivity index (χ1n) is 20.0. The zero-order chi connectivity index (χ0) is 39.5. The Balaban J connectivity index is 0.982. The maximum Gasteiger partial charge on any atom is 0.159 e. The molecule has 1 atom stereocenters. The minimum atomic E-state index is -0.271. The molecule has 4 heteroatoms. The molecule has 0 spiro atoms. The number of fused-ring (bicyclic) bond motifs is 1. The van der Waals surface area contributed by atoms with Crippen molar-refractivity contribution >= 4 is 22.4 Å². The molecule has 10 rings (SSSR count). The summed E-state index contributed by atoms with van der Waals surface area (Å²) in [6.07, 6.45) is 1.71. The summed E-state index contributed by atoms with van der Waals surface area (Å²) < 4.78 is 0. The summed E-state index contributed by atoms with van der Waals surface area (Å²) in [6.45, 7) is 0. The molecule has 1 unspecified atom stereocenters. The second-order valence-corrected chi connectivity index (χ2v) is 14.9. The Bertz CT molecular complexity index is 2960. The number of hydrogen-bond acceptors (Lipinski definition) is 4. The van der Waals surface area contributed by atoms with Crippen LogP contribution in [0.25, 0.3) is 66.5 Å². The van der Waals surface area contributed by atoms with Crippen LogP contribution >= 0.6 is 0 Å². The Morgan fingerprint density at radius 3 is 1.56 bits per heavy atom. The summed E-state index contributed by atoms with van der Waals surface area (Å²) in [5, 5.41) is 2.42. The minimum Gasteiger partial charge on any atom is -0.333 e. The maximum atomic E-state index is 5.30. The average molecular weight is 757 g/mol. The number of pyridine rings is 1. The second kappa shape index (κ2) is 15.7. The summed E-state index contributed by atoms with van der Waals surface area (Å²) >= 11 is 0. The summed E-state index contributed by atoms with van der Waals surface area (Å²) in [4.78, 5) is 17.7. The van der Waals surface area contributed by atoms with Crippen molar-refractivity contribution in [1.29, 1.82) is 0 Å². The quantitative estimate of drug-likeness (QED) is 0.155. The predicted molar refractivity (Wildman–Crippen MR) is 245 cm³/mol. The van der Waals surface area contributed by atoms with E-state index >= 15 is 0 Å². The molecule has 0 amide bonds. The molecule has 4 nitrogen and oxygen atoms in total. The molecule has 0 radical (unpaired) electrons. The van der Waals surface area contributed by atoms with Crippen molar-refractivity contribution in [2.45, 2.75) is 6.17 Å². The zero-order valence-electron chi connectivity index (χ0n) is 32.7. The Morgan fingerprint density at radius 2 is 0.898 bits per heavy atom. The van der Waals surface area contributed by atoms with Crippen molar-refractivity contribution in [2.75, 3.05) is 7.05 Å². The van der Waals surface area contributed by atoms with Crippen molar-refractivity contribution in [3.63, 3.8) is 0 Å². The molecular weight excluding hydrogens is 717 g/mol. The third-order valence-electron chi connectivity index (χ3n) is 11.2. The number of nitrogens with zero attached hydrogens (tertiary/aromatic N) is 4. The smallest absolute Gasteiger partial charge is 0.159 e. The van der Waals surface area contributed by atoms with Crippen LogP contribution in [0.5, 0.6) is 0 Å². The molecule has 0 saturated heterocycles. The van der Waals surface area contributed by atoms with Crippen LogP contribution in [0.4, 0.5) is 0 Å². The van der Waals surface area contributed by atoms with Gasteiger partial charge in [-0.25, -0.2) is 9.98 Å². The van der Waals surface area contributed by atoms with E-state index in [1.165, 1.54) is 27.5 Å². The molecule has 9 aromatic rings. The van der Waals surface area contributed by atoms with Gasteiger partial charge in [-0.15, -0.1) is 0 Å². The lowest BCUT2D eigenvalue weighted by Crippen LogP contribution is -2.35. The molecule has 1 aromatic heterocycles. The third kappa shape index (κ3) is 7.24. The first-order valence-corrected chi connectivity index (χ1v) is 20.0. The fraction of sp³-hybridized carbons (Fsp3) is 0.0364. The molecule has 0 N–H and O–H groups in total. The number of hydrogen-bond donors (Lipinski definition) is 0. The van der Waals surface area contributed by atoms with Gasteiger partial charge in [-0.2, -0.15) is 0 Å². The molecule has 2 heterocycles. The predicted octanol–water partition coefficient (Wildman–Crippen LogP) is 13.4. The third-order valence-corrected chi connectivity index (χ3v) is 11.2. The zero-order valence-corrected chi connectivity index (χ0v) is 32.7. The van der Waals surface area contributed by atoms with Gasteiger partial charge < -0.3 is 4.90 Å². The average Bonchev–Trinajstić information content (AvgIpc) is 3.32. The van der Waals surface area contributed by atoms with E-state index in [1.807, 2.05) is 18.3 Å². The molecule has 0 aliphatic carbocycles. The summed E-state index contributed by atoms with van der Waals surface area (Å²) in [6, 6.07) is 74.8. The fourth-order valence-corrected chi connectivity index (χ4v) is 8.04. The molecule has 280 valence electrons. The van der Waals surface area contributed by atoms with Crippen LogP contribution in [0.15, 0.2) is 229 Å². The van der Waals surface area contributed by atoms with Crippen LogP contribution in [0.3, 0.4) is 0 Å². The number of aromatic nitrogens is 1. The highest BCUT2D eigenvalue weighted by atomic mass is 15.3. The van der Waals surface area contributed by atoms with Crippen LogP contribution in [0, 0.1) is 0 Å². The van der Waals surface area contributed by atoms with Gasteiger partial charge in [0, 0.05) is 35.5 Å². The summed E-state index contributed by atoms with van der Waals surface area (Å²) in [5.41, 5.74) is 14.3. The Kier molecular flexibility index (Phi) is 9.49. The van der Waals surface area contributed by atoms with Crippen LogP contribution in [0.1, 0.15) is 22.9 Å². The van der Waals surface area contributed by atoms with Gasteiger partial charge in [0.15, 0.2) is 5.84 Å². The number of amidine groups is 2.